The van der Waals surface area contributed by atoms with Gasteiger partial charge in [-0.2, -0.15) is 0 Å². The number of nitrogens with zero attached hydrogens (tertiary/aromatic N) is 2. The van der Waals surface area contributed by atoms with E-state index in [4.69, 9.17) is 9.72 Å². The third-order valence-electron chi connectivity index (χ3n) is 4.01. The lowest BCUT2D eigenvalue weighted by atomic mass is 10.0. The van der Waals surface area contributed by atoms with Gasteiger partial charge in [-0.3, -0.25) is 0 Å². The first-order chi connectivity index (χ1) is 9.31. The summed E-state index contributed by atoms with van der Waals surface area (Å²) in [7, 11) is 1.75. The van der Waals surface area contributed by atoms with Crippen LogP contribution >= 0.6 is 0 Å². The molecule has 0 aliphatic carbocycles. The van der Waals surface area contributed by atoms with Crippen LogP contribution in [-0.2, 0) is 11.3 Å². The fraction of sp³-hybridized carbons (Fsp3) is 0.533. The van der Waals surface area contributed by atoms with E-state index in [-0.39, 0.29) is 0 Å². The first-order valence-electron chi connectivity index (χ1n) is 6.98. The Labute approximate surface area is 113 Å². The molecule has 1 aromatic carbocycles. The lowest BCUT2D eigenvalue weighted by molar-refractivity contribution is 0.186. The minimum absolute atomic E-state index is 0.365. The van der Waals surface area contributed by atoms with Crippen molar-refractivity contribution in [1.82, 2.24) is 14.9 Å². The van der Waals surface area contributed by atoms with E-state index in [0.29, 0.717) is 18.6 Å². The van der Waals surface area contributed by atoms with Crippen LogP contribution in [0, 0.1) is 5.92 Å². The van der Waals surface area contributed by atoms with Crippen LogP contribution in [-0.4, -0.2) is 29.8 Å². The minimum Gasteiger partial charge on any atom is -0.383 e. The van der Waals surface area contributed by atoms with Gasteiger partial charge in [-0.15, -0.1) is 0 Å². The second-order valence-corrected chi connectivity index (χ2v) is 5.30. The number of imidazole rings is 1. The minimum atomic E-state index is 0.365. The number of hydrogen-bond acceptors (Lipinski definition) is 3. The predicted molar refractivity (Wildman–Crippen MR) is 76.1 cm³/mol. The van der Waals surface area contributed by atoms with Crippen molar-refractivity contribution in [3.8, 4) is 0 Å². The Morgan fingerprint density at radius 1 is 1.42 bits per heavy atom. The van der Waals surface area contributed by atoms with E-state index < -0.39 is 0 Å². The number of para-hydroxylation sites is 2. The van der Waals surface area contributed by atoms with Gasteiger partial charge in [0, 0.05) is 13.7 Å². The summed E-state index contributed by atoms with van der Waals surface area (Å²) in [5.41, 5.74) is 2.28. The molecule has 1 aromatic heterocycles. The highest BCUT2D eigenvalue weighted by molar-refractivity contribution is 5.76. The number of methoxy groups -OCH3 is 1. The molecule has 2 aromatic rings. The molecule has 0 bridgehead atoms. The van der Waals surface area contributed by atoms with Crippen LogP contribution in [0.2, 0.25) is 0 Å². The molecule has 1 N–H and O–H groups in total. The number of benzene rings is 1. The summed E-state index contributed by atoms with van der Waals surface area (Å²) in [5.74, 6) is 1.79. The van der Waals surface area contributed by atoms with Gasteiger partial charge in [-0.1, -0.05) is 19.1 Å². The van der Waals surface area contributed by atoms with Gasteiger partial charge in [0.25, 0.3) is 0 Å². The lowest BCUT2D eigenvalue weighted by Gasteiger charge is -2.17. The van der Waals surface area contributed by atoms with Crippen molar-refractivity contribution in [3.05, 3.63) is 30.1 Å². The van der Waals surface area contributed by atoms with Gasteiger partial charge in [0.1, 0.15) is 5.82 Å². The summed E-state index contributed by atoms with van der Waals surface area (Å²) < 4.78 is 7.54. The van der Waals surface area contributed by atoms with Crippen molar-refractivity contribution in [1.29, 1.82) is 0 Å². The maximum atomic E-state index is 5.24. The number of hydrogen-bond donors (Lipinski definition) is 1. The lowest BCUT2D eigenvalue weighted by Crippen LogP contribution is -2.22. The largest absolute Gasteiger partial charge is 0.383 e. The smallest absolute Gasteiger partial charge is 0.127 e. The van der Waals surface area contributed by atoms with E-state index in [9.17, 15) is 0 Å². The SMILES string of the molecule is COCCn1c(C2NCCC2C)nc2ccccc21. The summed E-state index contributed by atoms with van der Waals surface area (Å²) >= 11 is 0. The Balaban J connectivity index is 2.06. The molecule has 1 fully saturated rings. The van der Waals surface area contributed by atoms with Gasteiger partial charge in [-0.05, 0) is 31.0 Å². The fourth-order valence-electron chi connectivity index (χ4n) is 2.93. The van der Waals surface area contributed by atoms with Gasteiger partial charge in [0.15, 0.2) is 0 Å². The highest BCUT2D eigenvalue weighted by atomic mass is 16.5. The highest BCUT2D eigenvalue weighted by Gasteiger charge is 2.29. The number of rotatable bonds is 4. The van der Waals surface area contributed by atoms with Gasteiger partial charge < -0.3 is 14.6 Å². The Kier molecular flexibility index (Phi) is 3.53. The van der Waals surface area contributed by atoms with Crippen LogP contribution in [0.1, 0.15) is 25.2 Å². The third-order valence-corrected chi connectivity index (χ3v) is 4.01. The van der Waals surface area contributed by atoms with E-state index in [1.807, 2.05) is 6.07 Å². The zero-order valence-corrected chi connectivity index (χ0v) is 11.6. The van der Waals surface area contributed by atoms with Crippen LogP contribution in [0.4, 0.5) is 0 Å². The number of aromatic nitrogens is 2. The molecule has 1 aliphatic heterocycles. The van der Waals surface area contributed by atoms with Crippen molar-refractivity contribution >= 4 is 11.0 Å². The zero-order valence-electron chi connectivity index (χ0n) is 11.6. The molecule has 0 saturated carbocycles. The normalized spacial score (nSPS) is 23.3. The molecule has 2 atom stereocenters. The molecule has 4 heteroatoms. The number of ether oxygens (including phenoxy) is 1. The van der Waals surface area contributed by atoms with E-state index in [2.05, 4.69) is 35.0 Å². The summed E-state index contributed by atoms with van der Waals surface area (Å²) in [6.45, 7) is 4.95. The standard InChI is InChI=1S/C15H21N3O/c1-11-7-8-16-14(11)15-17-12-5-3-4-6-13(12)18(15)9-10-19-2/h3-6,11,14,16H,7-10H2,1-2H3. The number of fused-ring (bicyclic) bond motifs is 1. The average molecular weight is 259 g/mol. The molecule has 19 heavy (non-hydrogen) atoms. The second-order valence-electron chi connectivity index (χ2n) is 5.30. The Hall–Kier alpha value is -1.39. The van der Waals surface area contributed by atoms with E-state index in [0.717, 1.165) is 24.4 Å². The molecule has 4 nitrogen and oxygen atoms in total. The van der Waals surface area contributed by atoms with Crippen molar-refractivity contribution in [2.45, 2.75) is 25.9 Å². The molecule has 0 radical (unpaired) electrons. The Bertz CT molecular complexity index is 564. The first-order valence-corrected chi connectivity index (χ1v) is 6.98. The summed E-state index contributed by atoms with van der Waals surface area (Å²) in [6.07, 6.45) is 1.22. The van der Waals surface area contributed by atoms with Crippen LogP contribution < -0.4 is 5.32 Å². The summed E-state index contributed by atoms with van der Waals surface area (Å²) in [4.78, 5) is 4.84. The predicted octanol–water partition coefficient (Wildman–Crippen LogP) is 2.35. The monoisotopic (exact) mass is 259 g/mol. The van der Waals surface area contributed by atoms with Crippen molar-refractivity contribution < 1.29 is 4.74 Å². The molecular weight excluding hydrogens is 238 g/mol. The average Bonchev–Trinajstić information content (AvgIpc) is 2.99. The summed E-state index contributed by atoms with van der Waals surface area (Å²) in [6, 6.07) is 8.71. The van der Waals surface area contributed by atoms with Gasteiger partial charge in [0.2, 0.25) is 0 Å². The van der Waals surface area contributed by atoms with Crippen LogP contribution in [0.15, 0.2) is 24.3 Å². The van der Waals surface area contributed by atoms with Gasteiger partial charge in [-0.25, -0.2) is 4.98 Å². The first kappa shape index (κ1) is 12.6. The quantitative estimate of drug-likeness (QED) is 0.916. The van der Waals surface area contributed by atoms with Crippen molar-refractivity contribution in [2.24, 2.45) is 5.92 Å². The van der Waals surface area contributed by atoms with E-state index in [1.165, 1.54) is 11.9 Å². The van der Waals surface area contributed by atoms with Gasteiger partial charge >= 0.3 is 0 Å². The van der Waals surface area contributed by atoms with Crippen LogP contribution in [0.3, 0.4) is 0 Å². The van der Waals surface area contributed by atoms with Crippen molar-refractivity contribution in [2.75, 3.05) is 20.3 Å². The van der Waals surface area contributed by atoms with Crippen LogP contribution in [0.25, 0.3) is 11.0 Å². The van der Waals surface area contributed by atoms with Gasteiger partial charge in [0.05, 0.1) is 23.7 Å². The molecule has 1 saturated heterocycles. The highest BCUT2D eigenvalue weighted by Crippen LogP contribution is 2.30. The topological polar surface area (TPSA) is 39.1 Å². The molecule has 0 amide bonds. The molecule has 1 aliphatic rings. The maximum Gasteiger partial charge on any atom is 0.127 e. The second kappa shape index (κ2) is 5.31. The molecule has 2 unspecified atom stereocenters. The number of nitrogens with one attached hydrogen (secondary N) is 1. The third kappa shape index (κ3) is 2.26. The van der Waals surface area contributed by atoms with Crippen LogP contribution in [0.5, 0.6) is 0 Å². The van der Waals surface area contributed by atoms with Crippen molar-refractivity contribution in [3.63, 3.8) is 0 Å². The molecular formula is C15H21N3O. The maximum absolute atomic E-state index is 5.24. The molecule has 0 spiro atoms. The zero-order chi connectivity index (χ0) is 13.2. The molecule has 2 heterocycles. The summed E-state index contributed by atoms with van der Waals surface area (Å²) in [5, 5.41) is 3.58. The molecule has 3 rings (SSSR count). The fourth-order valence-corrected chi connectivity index (χ4v) is 2.93. The van der Waals surface area contributed by atoms with E-state index in [1.54, 1.807) is 7.11 Å². The Morgan fingerprint density at radius 2 is 2.26 bits per heavy atom. The Morgan fingerprint density at radius 3 is 3.00 bits per heavy atom. The molecule has 102 valence electrons. The van der Waals surface area contributed by atoms with E-state index >= 15 is 0 Å².